The smallest absolute Gasteiger partial charge is 0.335 e. The van der Waals surface area contributed by atoms with E-state index in [1.807, 2.05) is 6.07 Å². The Labute approximate surface area is 366 Å². The molecular weight excluding hydrogens is 893 g/mol. The van der Waals surface area contributed by atoms with Crippen LogP contribution in [0.3, 0.4) is 0 Å². The number of aromatic nitrogens is 1. The van der Waals surface area contributed by atoms with E-state index in [0.717, 1.165) is 58.8 Å². The SMILES string of the molecule is CC(=O)Nc1ccc(-c2c(N=Nc3cc(C(=O)O)cc(C(=O)O)c3)sc(N=NN(c3ccc(S(=O)(=O)O)cc3)c3cc(C)c(C#N)c(Nc4ccc(S(=O)(=O)O)cc4)n3)c2C#N)cc1. The number of carbonyl (C=O) groups excluding carboxylic acids is 1. The molecule has 0 saturated carbocycles. The number of benzene rings is 4. The summed E-state index contributed by atoms with van der Waals surface area (Å²) in [5.41, 5.74) is 0.707. The third-order valence-electron chi connectivity index (χ3n) is 8.70. The zero-order chi connectivity index (χ0) is 46.5. The van der Waals surface area contributed by atoms with Gasteiger partial charge in [-0.3, -0.25) is 13.9 Å². The fourth-order valence-electron chi connectivity index (χ4n) is 5.78. The summed E-state index contributed by atoms with van der Waals surface area (Å²) in [7, 11) is -9.16. The lowest BCUT2D eigenvalue weighted by atomic mass is 10.0. The topological polar surface area (TPSA) is 338 Å². The molecule has 6 rings (SSSR count). The molecule has 0 unspecified atom stereocenters. The molecule has 0 spiro atoms. The van der Waals surface area contributed by atoms with Crippen molar-refractivity contribution in [2.45, 2.75) is 23.6 Å². The molecule has 0 bridgehead atoms. The van der Waals surface area contributed by atoms with E-state index in [4.69, 9.17) is 0 Å². The summed E-state index contributed by atoms with van der Waals surface area (Å²) in [5.74, 6) is -3.28. The predicted molar refractivity (Wildman–Crippen MR) is 229 cm³/mol. The average molecular weight is 921 g/mol. The molecule has 1 amide bonds. The highest BCUT2D eigenvalue weighted by Gasteiger charge is 2.23. The lowest BCUT2D eigenvalue weighted by Gasteiger charge is -2.19. The number of anilines is 5. The van der Waals surface area contributed by atoms with Crippen LogP contribution in [-0.2, 0) is 25.0 Å². The van der Waals surface area contributed by atoms with Gasteiger partial charge in [-0.15, -0.1) is 15.3 Å². The number of aromatic carboxylic acids is 2. The van der Waals surface area contributed by atoms with Gasteiger partial charge in [0.25, 0.3) is 20.2 Å². The summed E-state index contributed by atoms with van der Waals surface area (Å²) in [5, 5.41) is 63.5. The molecule has 2 aromatic heterocycles. The van der Waals surface area contributed by atoms with Crippen molar-refractivity contribution in [1.29, 1.82) is 10.5 Å². The van der Waals surface area contributed by atoms with Crippen molar-refractivity contribution in [3.63, 3.8) is 0 Å². The van der Waals surface area contributed by atoms with Crippen LogP contribution in [0.2, 0.25) is 0 Å². The Balaban J connectivity index is 1.52. The van der Waals surface area contributed by atoms with Crippen molar-refractivity contribution in [2.75, 3.05) is 15.6 Å². The summed E-state index contributed by atoms with van der Waals surface area (Å²) in [4.78, 5) is 38.9. The molecule has 21 nitrogen and oxygen atoms in total. The highest BCUT2D eigenvalue weighted by Crippen LogP contribution is 2.48. The second kappa shape index (κ2) is 18.4. The number of carboxylic acids is 2. The number of hydrogen-bond acceptors (Lipinski definition) is 16. The molecule has 0 aliphatic rings. The Hall–Kier alpha value is -8.26. The van der Waals surface area contributed by atoms with Crippen LogP contribution in [0.5, 0.6) is 0 Å². The number of nitrogens with one attached hydrogen (secondary N) is 2. The second-order valence-electron chi connectivity index (χ2n) is 13.1. The van der Waals surface area contributed by atoms with E-state index in [2.05, 4.69) is 42.3 Å². The number of nitriles is 2. The highest BCUT2D eigenvalue weighted by atomic mass is 32.2. The molecule has 0 saturated heterocycles. The van der Waals surface area contributed by atoms with Gasteiger partial charge in [0.2, 0.25) is 5.91 Å². The standard InChI is InChI=1S/C40H28N10O11S3/c1-21-15-34(45-36(32(21)19-41)44-27-7-11-30(12-8-27)63(56,57)58)50(29-9-13-31(14-10-29)64(59,60)61)49-48-37-33(20-42)35(23-3-5-26(6-4-23)43-22(2)51)38(62-37)47-46-28-17-24(39(52)53)16-25(18-28)40(54)55/h3-18H,1-2H3,(H,43,51)(H,44,45)(H,52,53)(H,54,55)(H,56,57,58)(H,59,60,61). The van der Waals surface area contributed by atoms with Gasteiger partial charge >= 0.3 is 11.9 Å². The van der Waals surface area contributed by atoms with Crippen LogP contribution in [0.25, 0.3) is 11.1 Å². The number of rotatable bonds is 14. The molecule has 322 valence electrons. The molecule has 0 atom stereocenters. The minimum absolute atomic E-state index is 0.0262. The van der Waals surface area contributed by atoms with E-state index >= 15 is 0 Å². The first-order valence-corrected chi connectivity index (χ1v) is 21.5. The molecule has 0 fully saturated rings. The Morgan fingerprint density at radius 3 is 1.78 bits per heavy atom. The molecule has 6 aromatic rings. The van der Waals surface area contributed by atoms with Crippen molar-refractivity contribution in [1.82, 2.24) is 4.98 Å². The van der Waals surface area contributed by atoms with Gasteiger partial charge in [0.15, 0.2) is 16.6 Å². The lowest BCUT2D eigenvalue weighted by molar-refractivity contribution is -0.114. The van der Waals surface area contributed by atoms with Crippen LogP contribution >= 0.6 is 11.3 Å². The molecule has 0 aliphatic heterocycles. The molecule has 2 heterocycles. The number of carboxylic acid groups (broad SMARTS) is 2. The van der Waals surface area contributed by atoms with Crippen molar-refractivity contribution in [3.05, 3.63) is 125 Å². The van der Waals surface area contributed by atoms with E-state index in [1.54, 1.807) is 31.2 Å². The van der Waals surface area contributed by atoms with Crippen molar-refractivity contribution < 1.29 is 50.5 Å². The number of pyridine rings is 1. The number of azo groups is 1. The number of hydrogen-bond donors (Lipinski definition) is 6. The summed E-state index contributed by atoms with van der Waals surface area (Å²) in [6, 6.07) is 24.5. The van der Waals surface area contributed by atoms with Gasteiger partial charge in [-0.2, -0.15) is 32.4 Å². The van der Waals surface area contributed by atoms with E-state index < -0.39 is 42.0 Å². The molecule has 64 heavy (non-hydrogen) atoms. The van der Waals surface area contributed by atoms with Gasteiger partial charge in [0, 0.05) is 23.9 Å². The lowest BCUT2D eigenvalue weighted by Crippen LogP contribution is -2.12. The monoisotopic (exact) mass is 920 g/mol. The third-order valence-corrected chi connectivity index (χ3v) is 11.4. The fraction of sp³-hybridized carbons (Fsp3) is 0.0500. The maximum Gasteiger partial charge on any atom is 0.335 e. The molecule has 0 aliphatic carbocycles. The quantitative estimate of drug-likeness (QED) is 0.0338. The number of thiophene rings is 1. The van der Waals surface area contributed by atoms with Crippen LogP contribution in [0.1, 0.15) is 44.3 Å². The number of carbonyl (C=O) groups is 3. The first-order chi connectivity index (χ1) is 30.2. The summed E-state index contributed by atoms with van der Waals surface area (Å²) < 4.78 is 66.1. The van der Waals surface area contributed by atoms with Crippen LogP contribution in [0.15, 0.2) is 127 Å². The number of nitrogens with zero attached hydrogens (tertiary/aromatic N) is 8. The van der Waals surface area contributed by atoms with Crippen LogP contribution < -0.4 is 15.6 Å². The normalized spacial score (nSPS) is 11.5. The Bertz CT molecular complexity index is 3200. The minimum Gasteiger partial charge on any atom is -0.478 e. The summed E-state index contributed by atoms with van der Waals surface area (Å²) >= 11 is 0.795. The maximum atomic E-state index is 11.9. The number of aryl methyl sites for hydroxylation is 1. The molecule has 4 aromatic carbocycles. The van der Waals surface area contributed by atoms with Gasteiger partial charge in [-0.25, -0.2) is 14.6 Å². The molecular formula is C40H28N10O11S3. The van der Waals surface area contributed by atoms with Crippen LogP contribution in [-0.4, -0.2) is 59.0 Å². The maximum absolute atomic E-state index is 11.9. The Kier molecular flexibility index (Phi) is 13.0. The average Bonchev–Trinajstić information content (AvgIpc) is 3.59. The molecule has 24 heteroatoms. The van der Waals surface area contributed by atoms with Gasteiger partial charge in [-0.05, 0) is 103 Å². The summed E-state index contributed by atoms with van der Waals surface area (Å²) in [6.45, 7) is 2.89. The van der Waals surface area contributed by atoms with Crippen molar-refractivity contribution in [3.8, 4) is 23.3 Å². The molecule has 0 radical (unpaired) electrons. The van der Waals surface area contributed by atoms with Crippen molar-refractivity contribution >= 4 is 93.8 Å². The zero-order valence-electron chi connectivity index (χ0n) is 32.7. The van der Waals surface area contributed by atoms with Gasteiger partial charge in [0.1, 0.15) is 22.7 Å². The van der Waals surface area contributed by atoms with E-state index in [9.17, 15) is 61.1 Å². The first kappa shape index (κ1) is 45.3. The summed E-state index contributed by atoms with van der Waals surface area (Å²) in [6.07, 6.45) is 0. The number of amides is 1. The first-order valence-electron chi connectivity index (χ1n) is 17.8. The Morgan fingerprint density at radius 1 is 0.719 bits per heavy atom. The second-order valence-corrected chi connectivity index (χ2v) is 17.0. The van der Waals surface area contributed by atoms with E-state index in [1.165, 1.54) is 37.3 Å². The third kappa shape index (κ3) is 10.4. The van der Waals surface area contributed by atoms with E-state index in [-0.39, 0.29) is 72.4 Å². The van der Waals surface area contributed by atoms with E-state index in [0.29, 0.717) is 16.8 Å². The largest absolute Gasteiger partial charge is 0.478 e. The van der Waals surface area contributed by atoms with Crippen LogP contribution in [0, 0.1) is 29.6 Å². The van der Waals surface area contributed by atoms with Gasteiger partial charge in [-0.1, -0.05) is 28.7 Å². The Morgan fingerprint density at radius 2 is 1.27 bits per heavy atom. The van der Waals surface area contributed by atoms with Crippen molar-refractivity contribution in [2.24, 2.45) is 20.6 Å². The minimum atomic E-state index is -4.64. The zero-order valence-corrected chi connectivity index (χ0v) is 35.1. The predicted octanol–water partition coefficient (Wildman–Crippen LogP) is 8.71. The van der Waals surface area contributed by atoms with Gasteiger partial charge < -0.3 is 20.8 Å². The van der Waals surface area contributed by atoms with Gasteiger partial charge in [0.05, 0.1) is 37.9 Å². The highest BCUT2D eigenvalue weighted by molar-refractivity contribution is 7.86. The molecule has 6 N–H and O–H groups in total. The fourth-order valence-corrected chi connectivity index (χ4v) is 7.65. The van der Waals surface area contributed by atoms with Crippen LogP contribution in [0.4, 0.5) is 44.4 Å².